The number of hydrogen-bond acceptors (Lipinski definition) is 7. The predicted molar refractivity (Wildman–Crippen MR) is 198 cm³/mol. The molecule has 10 heteroatoms. The third-order valence-corrected chi connectivity index (χ3v) is 13.4. The van der Waals surface area contributed by atoms with Gasteiger partial charge in [0.05, 0.1) is 26.4 Å². The number of amides is 1. The molecule has 0 radical (unpaired) electrons. The second kappa shape index (κ2) is 16.1. The molecule has 1 spiro atoms. The first-order valence-corrected chi connectivity index (χ1v) is 20.7. The molecule has 48 heavy (non-hydrogen) atoms. The maximum Gasteiger partial charge on any atom is 0.407 e. The molecule has 3 aromatic carbocycles. The number of alkyl carbamates (subject to hydrolysis) is 1. The van der Waals surface area contributed by atoms with Gasteiger partial charge in [-0.05, 0) is 81.4 Å². The van der Waals surface area contributed by atoms with Crippen molar-refractivity contribution in [2.24, 2.45) is 0 Å². The summed E-state index contributed by atoms with van der Waals surface area (Å²) in [6.07, 6.45) is 3.92. The van der Waals surface area contributed by atoms with Crippen LogP contribution < -0.4 is 25.5 Å². The van der Waals surface area contributed by atoms with E-state index in [1.165, 1.54) is 32.9 Å². The van der Waals surface area contributed by atoms with Crippen LogP contribution in [-0.4, -0.2) is 81.2 Å². The first kappa shape index (κ1) is 36.2. The van der Waals surface area contributed by atoms with Crippen LogP contribution in [0, 0.1) is 0 Å². The van der Waals surface area contributed by atoms with Crippen molar-refractivity contribution in [3.05, 3.63) is 82.4 Å². The first-order chi connectivity index (χ1) is 23.1. The maximum absolute atomic E-state index is 12.4. The predicted octanol–water partition coefficient (Wildman–Crippen LogP) is 5.84. The summed E-state index contributed by atoms with van der Waals surface area (Å²) < 4.78 is 23.7. The van der Waals surface area contributed by atoms with E-state index < -0.39 is 19.8 Å². The number of hydrogen-bond donors (Lipinski definition) is 1. The van der Waals surface area contributed by atoms with Crippen LogP contribution in [0.1, 0.15) is 53.5 Å². The van der Waals surface area contributed by atoms with Gasteiger partial charge < -0.3 is 34.1 Å². The van der Waals surface area contributed by atoms with E-state index in [4.69, 9.17) is 30.5 Å². The van der Waals surface area contributed by atoms with E-state index in [9.17, 15) is 4.79 Å². The number of nitrogens with one attached hydrogen (secondary N) is 1. The quantitative estimate of drug-likeness (QED) is 0.115. The van der Waals surface area contributed by atoms with E-state index in [-0.39, 0.29) is 6.61 Å². The Balaban J connectivity index is 1.23. The van der Waals surface area contributed by atoms with Crippen molar-refractivity contribution in [1.29, 1.82) is 0 Å². The zero-order chi connectivity index (χ0) is 34.3. The van der Waals surface area contributed by atoms with Gasteiger partial charge in [-0.15, -0.1) is 11.6 Å². The van der Waals surface area contributed by atoms with Crippen molar-refractivity contribution in [2.75, 3.05) is 76.8 Å². The van der Waals surface area contributed by atoms with Crippen LogP contribution in [0.25, 0.3) is 0 Å². The number of alkyl halides is 1. The molecule has 2 heterocycles. The number of carbonyl (C=O) groups excluding carboxylic acids is 1. The lowest BCUT2D eigenvalue weighted by molar-refractivity contribution is 0.0276. The van der Waals surface area contributed by atoms with Gasteiger partial charge in [-0.3, -0.25) is 0 Å². The number of nitrogens with zero attached hydrogens (tertiary/aromatic N) is 2. The summed E-state index contributed by atoms with van der Waals surface area (Å²) >= 11 is 5.70. The topological polar surface area (TPSA) is 72.5 Å². The molecule has 5 rings (SSSR count). The van der Waals surface area contributed by atoms with E-state index in [1.807, 2.05) is 0 Å². The van der Waals surface area contributed by atoms with Gasteiger partial charge in [-0.1, -0.05) is 50.2 Å². The number of carbonyl (C=O) groups is 1. The average molecular weight is 694 g/mol. The lowest BCUT2D eigenvalue weighted by atomic mass is 9.79. The maximum atomic E-state index is 12.4. The van der Waals surface area contributed by atoms with E-state index in [0.29, 0.717) is 33.0 Å². The smallest absolute Gasteiger partial charge is 0.407 e. The Bertz CT molecular complexity index is 1500. The number of benzene rings is 3. The Morgan fingerprint density at radius 2 is 1.42 bits per heavy atom. The lowest BCUT2D eigenvalue weighted by Gasteiger charge is -2.45. The van der Waals surface area contributed by atoms with Crippen LogP contribution >= 0.6 is 11.6 Å². The summed E-state index contributed by atoms with van der Waals surface area (Å²) in [6.45, 7) is 8.13. The summed E-state index contributed by atoms with van der Waals surface area (Å²) in [5.41, 5.74) is 7.39. The van der Waals surface area contributed by atoms with Crippen LogP contribution in [0.2, 0.25) is 13.1 Å². The number of anilines is 2. The minimum Gasteiger partial charge on any atom is -0.445 e. The molecule has 0 aromatic heterocycles. The zero-order valence-electron chi connectivity index (χ0n) is 29.5. The molecule has 1 N–H and O–H groups in total. The summed E-state index contributed by atoms with van der Waals surface area (Å²) in [4.78, 5) is 16.8. The van der Waals surface area contributed by atoms with Gasteiger partial charge in [0.2, 0.25) is 0 Å². The fraction of sp³-hybridized carbons (Fsp3) is 0.500. The van der Waals surface area contributed by atoms with Gasteiger partial charge in [0.15, 0.2) is 0 Å². The summed E-state index contributed by atoms with van der Waals surface area (Å²) in [5.74, 6) is 0.725. The highest BCUT2D eigenvalue weighted by Gasteiger charge is 2.53. The molecule has 1 amide bonds. The van der Waals surface area contributed by atoms with Crippen LogP contribution in [-0.2, 0) is 37.8 Å². The minimum atomic E-state index is -2.08. The molecule has 0 saturated carbocycles. The van der Waals surface area contributed by atoms with Crippen molar-refractivity contribution in [3.63, 3.8) is 0 Å². The first-order valence-electron chi connectivity index (χ1n) is 17.1. The molecule has 0 fully saturated rings. The van der Waals surface area contributed by atoms with Crippen molar-refractivity contribution in [3.8, 4) is 0 Å². The Morgan fingerprint density at radius 1 is 0.812 bits per heavy atom. The second-order valence-electron chi connectivity index (χ2n) is 13.7. The van der Waals surface area contributed by atoms with Gasteiger partial charge in [0.1, 0.15) is 20.3 Å². The monoisotopic (exact) mass is 693 g/mol. The molecule has 0 bridgehead atoms. The molecule has 8 nitrogen and oxygen atoms in total. The number of halogens is 1. The minimum absolute atomic E-state index is 0.178. The van der Waals surface area contributed by atoms with Crippen LogP contribution in [0.5, 0.6) is 0 Å². The molecule has 0 aliphatic carbocycles. The Labute approximate surface area is 292 Å². The molecule has 2 aliphatic rings. The highest BCUT2D eigenvalue weighted by atomic mass is 35.5. The van der Waals surface area contributed by atoms with Crippen molar-refractivity contribution in [1.82, 2.24) is 5.32 Å². The van der Waals surface area contributed by atoms with Gasteiger partial charge in [0, 0.05) is 58.6 Å². The largest absolute Gasteiger partial charge is 0.445 e. The molecule has 0 atom stereocenters. The van der Waals surface area contributed by atoms with Crippen molar-refractivity contribution in [2.45, 2.75) is 57.6 Å². The Morgan fingerprint density at radius 3 is 2.04 bits per heavy atom. The fourth-order valence-electron chi connectivity index (χ4n) is 6.87. The summed E-state index contributed by atoms with van der Waals surface area (Å²) in [7, 11) is 6.29. The molecule has 260 valence electrons. The van der Waals surface area contributed by atoms with E-state index in [0.717, 1.165) is 54.9 Å². The third kappa shape index (κ3) is 7.71. The van der Waals surface area contributed by atoms with E-state index in [1.54, 1.807) is 0 Å². The van der Waals surface area contributed by atoms with Crippen molar-refractivity contribution >= 4 is 47.5 Å². The molecule has 0 unspecified atom stereocenters. The summed E-state index contributed by atoms with van der Waals surface area (Å²) in [5, 5.41) is 5.58. The molecule has 2 aliphatic heterocycles. The normalized spacial score (nSPS) is 15.1. The van der Waals surface area contributed by atoms with E-state index >= 15 is 0 Å². The summed E-state index contributed by atoms with van der Waals surface area (Å²) in [6, 6.07) is 20.1. The highest BCUT2D eigenvalue weighted by molar-refractivity contribution is 7.01. The average Bonchev–Trinajstić information content (AvgIpc) is 3.45. The van der Waals surface area contributed by atoms with Gasteiger partial charge in [0.25, 0.3) is 0 Å². The zero-order valence-corrected chi connectivity index (χ0v) is 31.3. The third-order valence-electron chi connectivity index (χ3n) is 9.57. The van der Waals surface area contributed by atoms with Crippen molar-refractivity contribution < 1.29 is 23.7 Å². The number of fused-ring (bicyclic) bond motifs is 6. The second-order valence-corrected chi connectivity index (χ2v) is 18.4. The molecular weight excluding hydrogens is 642 g/mol. The SMILES string of the molecule is CN(C)c1ccc2c(c1)[Si](C)(C)c1cc(N(C)C)ccc1C21OCc2cc(COC(=O)NCCOCCOCCCCCCCl)ccc21. The Hall–Kier alpha value is -3.08. The van der Waals surface area contributed by atoms with Gasteiger partial charge in [-0.2, -0.15) is 0 Å². The highest BCUT2D eigenvalue weighted by Crippen LogP contribution is 2.49. The fourth-order valence-corrected chi connectivity index (χ4v) is 10.2. The Kier molecular flexibility index (Phi) is 12.1. The number of unbranched alkanes of at least 4 members (excludes halogenated alkanes) is 3. The van der Waals surface area contributed by atoms with Crippen LogP contribution in [0.15, 0.2) is 54.6 Å². The molecule has 0 saturated heterocycles. The number of rotatable bonds is 16. The molecular formula is C38H52ClN3O5Si. The lowest BCUT2D eigenvalue weighted by Crippen LogP contribution is -2.63. The standard InChI is InChI=1S/C38H52ClN3O5Si/c1-41(2)30-12-15-33-35(24-30)48(5,6)36-25-31(42(3)4)13-16-34(36)38(33)32-14-11-28(23-29(32)27-47-38)26-46-37(43)40-18-20-45-22-21-44-19-10-8-7-9-17-39/h11-16,23-25H,7-10,17-22,26-27H2,1-6H3,(H,40,43). The number of ether oxygens (including phenoxy) is 4. The van der Waals surface area contributed by atoms with Gasteiger partial charge in [-0.25, -0.2) is 4.79 Å². The van der Waals surface area contributed by atoms with E-state index in [2.05, 4.69) is 111 Å². The van der Waals surface area contributed by atoms with Crippen LogP contribution in [0.4, 0.5) is 16.2 Å². The molecule has 3 aromatic rings. The van der Waals surface area contributed by atoms with Gasteiger partial charge >= 0.3 is 6.09 Å². The van der Waals surface area contributed by atoms with Crippen LogP contribution in [0.3, 0.4) is 0 Å².